The van der Waals surface area contributed by atoms with Crippen LogP contribution in [0.5, 0.6) is 0 Å². The molecule has 0 aliphatic carbocycles. The van der Waals surface area contributed by atoms with Gasteiger partial charge in [0.1, 0.15) is 0 Å². The Bertz CT molecular complexity index is 439. The Morgan fingerprint density at radius 1 is 1.21 bits per heavy atom. The number of anilines is 1. The number of carbonyl (C=O) groups excluding carboxylic acids is 2. The number of hydrogen-bond donors (Lipinski definition) is 0. The van der Waals surface area contributed by atoms with E-state index in [9.17, 15) is 9.59 Å². The third-order valence-electron chi connectivity index (χ3n) is 2.94. The van der Waals surface area contributed by atoms with E-state index in [1.54, 1.807) is 4.90 Å². The molecule has 2 aliphatic heterocycles. The summed E-state index contributed by atoms with van der Waals surface area (Å²) in [5.74, 6) is 0.0103. The molecule has 2 aliphatic rings. The molecule has 0 aromatic heterocycles. The summed E-state index contributed by atoms with van der Waals surface area (Å²) < 4.78 is 0. The molecule has 70 valence electrons. The van der Waals surface area contributed by atoms with Gasteiger partial charge >= 0.3 is 0 Å². The lowest BCUT2D eigenvalue weighted by molar-refractivity contribution is -0.121. The van der Waals surface area contributed by atoms with E-state index >= 15 is 0 Å². The van der Waals surface area contributed by atoms with E-state index < -0.39 is 0 Å². The van der Waals surface area contributed by atoms with E-state index in [-0.39, 0.29) is 24.2 Å². The smallest absolute Gasteiger partial charge is 0.235 e. The molecule has 14 heavy (non-hydrogen) atoms. The Morgan fingerprint density at radius 3 is 2.86 bits per heavy atom. The topological polar surface area (TPSA) is 37.4 Å². The van der Waals surface area contributed by atoms with Gasteiger partial charge in [-0.15, -0.1) is 0 Å². The number of rotatable bonds is 0. The number of benzene rings is 1. The molecule has 0 bridgehead atoms. The van der Waals surface area contributed by atoms with Crippen molar-refractivity contribution in [3.63, 3.8) is 0 Å². The number of Topliss-reactive ketones (excluding diaryl/α,β-unsaturated/α-hetero) is 1. The minimum Gasteiger partial charge on any atom is -0.301 e. The van der Waals surface area contributed by atoms with Gasteiger partial charge in [-0.05, 0) is 11.6 Å². The molecule has 3 nitrogen and oxygen atoms in total. The van der Waals surface area contributed by atoms with Crippen LogP contribution in [0.3, 0.4) is 0 Å². The first-order valence-corrected chi connectivity index (χ1v) is 4.70. The Morgan fingerprint density at radius 2 is 2.00 bits per heavy atom. The zero-order valence-corrected chi connectivity index (χ0v) is 7.56. The standard InChI is InChI=1S/C11H9NO2/c13-10-6-11(14)12-8-4-2-1-3-7(8)5-9(10)12/h1-4,9H,5-6H2. The minimum absolute atomic E-state index is 0.0510. The van der Waals surface area contributed by atoms with Crippen LogP contribution >= 0.6 is 0 Å². The molecule has 1 amide bonds. The van der Waals surface area contributed by atoms with Crippen molar-refractivity contribution in [1.29, 1.82) is 0 Å². The lowest BCUT2D eigenvalue weighted by atomic mass is 10.1. The van der Waals surface area contributed by atoms with Gasteiger partial charge in [-0.2, -0.15) is 0 Å². The fourth-order valence-corrected chi connectivity index (χ4v) is 2.30. The lowest BCUT2D eigenvalue weighted by Gasteiger charge is -2.14. The second kappa shape index (κ2) is 2.44. The largest absolute Gasteiger partial charge is 0.301 e. The molecule has 1 aromatic rings. The van der Waals surface area contributed by atoms with Gasteiger partial charge in [0.15, 0.2) is 5.78 Å². The predicted molar refractivity (Wildman–Crippen MR) is 51.0 cm³/mol. The van der Waals surface area contributed by atoms with Gasteiger partial charge in [0.2, 0.25) is 5.91 Å². The molecular weight excluding hydrogens is 178 g/mol. The molecule has 2 heterocycles. The van der Waals surface area contributed by atoms with Crippen LogP contribution in [-0.2, 0) is 16.0 Å². The maximum atomic E-state index is 11.5. The maximum absolute atomic E-state index is 11.5. The predicted octanol–water partition coefficient (Wildman–Crippen LogP) is 0.917. The van der Waals surface area contributed by atoms with Crippen molar-refractivity contribution >= 4 is 17.4 Å². The van der Waals surface area contributed by atoms with Crippen molar-refractivity contribution < 1.29 is 9.59 Å². The van der Waals surface area contributed by atoms with Crippen molar-refractivity contribution in [1.82, 2.24) is 0 Å². The summed E-state index contributed by atoms with van der Waals surface area (Å²) >= 11 is 0. The lowest BCUT2D eigenvalue weighted by Crippen LogP contribution is -2.31. The number of ketones is 1. The molecule has 0 saturated carbocycles. The number of fused-ring (bicyclic) bond motifs is 3. The highest BCUT2D eigenvalue weighted by Gasteiger charge is 2.44. The van der Waals surface area contributed by atoms with Gasteiger partial charge in [0, 0.05) is 12.1 Å². The van der Waals surface area contributed by atoms with Gasteiger partial charge in [-0.3, -0.25) is 9.59 Å². The Kier molecular flexibility index (Phi) is 1.35. The van der Waals surface area contributed by atoms with Crippen LogP contribution in [0.2, 0.25) is 0 Å². The number of nitrogens with zero attached hydrogens (tertiary/aromatic N) is 1. The van der Waals surface area contributed by atoms with Gasteiger partial charge in [0.25, 0.3) is 0 Å². The number of amides is 1. The van der Waals surface area contributed by atoms with Crippen molar-refractivity contribution in [3.8, 4) is 0 Å². The van der Waals surface area contributed by atoms with Gasteiger partial charge in [-0.1, -0.05) is 18.2 Å². The summed E-state index contributed by atoms with van der Waals surface area (Å²) in [4.78, 5) is 24.7. The van der Waals surface area contributed by atoms with E-state index in [0.717, 1.165) is 11.3 Å². The molecule has 0 N–H and O–H groups in total. The highest BCUT2D eigenvalue weighted by molar-refractivity contribution is 6.18. The van der Waals surface area contributed by atoms with Crippen LogP contribution in [0.25, 0.3) is 0 Å². The van der Waals surface area contributed by atoms with E-state index in [0.29, 0.717) is 6.42 Å². The van der Waals surface area contributed by atoms with Crippen LogP contribution in [0.1, 0.15) is 12.0 Å². The van der Waals surface area contributed by atoms with Gasteiger partial charge in [-0.25, -0.2) is 0 Å². The minimum atomic E-state index is -0.208. The highest BCUT2D eigenvalue weighted by atomic mass is 16.2. The van der Waals surface area contributed by atoms with E-state index in [1.165, 1.54) is 0 Å². The maximum Gasteiger partial charge on any atom is 0.235 e. The molecule has 1 unspecified atom stereocenters. The number of para-hydroxylation sites is 1. The molecule has 3 rings (SSSR count). The van der Waals surface area contributed by atoms with Crippen molar-refractivity contribution in [3.05, 3.63) is 29.8 Å². The first-order chi connectivity index (χ1) is 6.77. The molecule has 0 radical (unpaired) electrons. The van der Waals surface area contributed by atoms with Crippen molar-refractivity contribution in [2.45, 2.75) is 18.9 Å². The van der Waals surface area contributed by atoms with Crippen LogP contribution in [0.4, 0.5) is 5.69 Å². The summed E-state index contributed by atoms with van der Waals surface area (Å²) in [6.45, 7) is 0. The molecular formula is C11H9NO2. The van der Waals surface area contributed by atoms with E-state index in [4.69, 9.17) is 0 Å². The fourth-order valence-electron chi connectivity index (χ4n) is 2.30. The Labute approximate surface area is 81.3 Å². The van der Waals surface area contributed by atoms with Crippen LogP contribution < -0.4 is 4.90 Å². The number of hydrogen-bond acceptors (Lipinski definition) is 2. The molecule has 1 fully saturated rings. The Hall–Kier alpha value is -1.64. The number of carbonyl (C=O) groups is 2. The summed E-state index contributed by atoms with van der Waals surface area (Å²) in [6.07, 6.45) is 0.778. The average Bonchev–Trinajstić information content (AvgIpc) is 2.66. The van der Waals surface area contributed by atoms with Crippen LogP contribution in [0, 0.1) is 0 Å². The molecule has 0 spiro atoms. The van der Waals surface area contributed by atoms with E-state index in [2.05, 4.69) is 0 Å². The SMILES string of the molecule is O=C1CC(=O)N2c3ccccc3CC12. The zero-order chi connectivity index (χ0) is 9.71. The van der Waals surface area contributed by atoms with Gasteiger partial charge < -0.3 is 4.90 Å². The monoisotopic (exact) mass is 187 g/mol. The molecule has 3 heteroatoms. The first kappa shape index (κ1) is 7.74. The van der Waals surface area contributed by atoms with Crippen molar-refractivity contribution in [2.24, 2.45) is 0 Å². The van der Waals surface area contributed by atoms with Crippen molar-refractivity contribution in [2.75, 3.05) is 4.90 Å². The second-order valence-corrected chi connectivity index (χ2v) is 3.76. The fraction of sp³-hybridized carbons (Fsp3) is 0.273. The first-order valence-electron chi connectivity index (χ1n) is 4.70. The average molecular weight is 187 g/mol. The van der Waals surface area contributed by atoms with Crippen LogP contribution in [0.15, 0.2) is 24.3 Å². The normalized spacial score (nSPS) is 24.0. The highest BCUT2D eigenvalue weighted by Crippen LogP contribution is 2.36. The third-order valence-corrected chi connectivity index (χ3v) is 2.94. The van der Waals surface area contributed by atoms with Crippen LogP contribution in [-0.4, -0.2) is 17.7 Å². The van der Waals surface area contributed by atoms with Gasteiger partial charge in [0.05, 0.1) is 12.5 Å². The van der Waals surface area contributed by atoms with E-state index in [1.807, 2.05) is 24.3 Å². The molecule has 1 saturated heterocycles. The molecule has 1 atom stereocenters. The zero-order valence-electron chi connectivity index (χ0n) is 7.56. The third kappa shape index (κ3) is 0.816. The quantitative estimate of drug-likeness (QED) is 0.566. The summed E-state index contributed by atoms with van der Waals surface area (Å²) in [6, 6.07) is 7.52. The summed E-state index contributed by atoms with van der Waals surface area (Å²) in [5, 5.41) is 0. The Balaban J connectivity index is 2.15. The second-order valence-electron chi connectivity index (χ2n) is 3.76. The summed E-state index contributed by atoms with van der Waals surface area (Å²) in [7, 11) is 0. The summed E-state index contributed by atoms with van der Waals surface area (Å²) in [5.41, 5.74) is 2.03. The molecule has 1 aromatic carbocycles.